The van der Waals surface area contributed by atoms with Crippen LogP contribution in [0.1, 0.15) is 33.1 Å². The number of hydrogen-bond acceptors (Lipinski definition) is 1. The van der Waals surface area contributed by atoms with Crippen molar-refractivity contribution in [2.24, 2.45) is 0 Å². The quantitative estimate of drug-likeness (QED) is 0.413. The van der Waals surface area contributed by atoms with Gasteiger partial charge in [0, 0.05) is 0 Å². The monoisotopic (exact) mass is 140 g/mol. The molecule has 0 aliphatic carbocycles. The third-order valence-corrected chi connectivity index (χ3v) is 1.07. The molecule has 0 rings (SSSR count). The van der Waals surface area contributed by atoms with E-state index >= 15 is 0 Å². The van der Waals surface area contributed by atoms with Crippen molar-refractivity contribution in [2.45, 2.75) is 39.2 Å². The normalized spacial score (nSPS) is 12.4. The Morgan fingerprint density at radius 1 is 1.38 bits per heavy atom. The Morgan fingerprint density at radius 2 is 1.88 bits per heavy atom. The van der Waals surface area contributed by atoms with Gasteiger partial charge in [0.2, 0.25) is 0 Å². The maximum Gasteiger partial charge on any atom is 1.00 e. The van der Waals surface area contributed by atoms with Gasteiger partial charge in [-0.2, -0.15) is 0 Å². The Balaban J connectivity index is 0. The fourth-order valence-corrected chi connectivity index (χ4v) is 0.526. The van der Waals surface area contributed by atoms with Crippen molar-refractivity contribution in [3.05, 3.63) is 0 Å². The molecule has 0 spiro atoms. The molecule has 44 valence electrons. The van der Waals surface area contributed by atoms with Gasteiger partial charge in [0.05, 0.1) is 0 Å². The molecule has 0 aliphatic rings. The van der Waals surface area contributed by atoms with Crippen molar-refractivity contribution in [1.82, 2.24) is 0 Å². The summed E-state index contributed by atoms with van der Waals surface area (Å²) in [6.45, 7) is 3.98. The van der Waals surface area contributed by atoms with E-state index in [4.69, 9.17) is 0 Å². The molecule has 1 nitrogen and oxygen atoms in total. The molecular formula is C6H13KO. The minimum Gasteiger partial charge on any atom is -0.852 e. The minimum atomic E-state index is -0.301. The number of rotatable bonds is 3. The van der Waals surface area contributed by atoms with Crippen LogP contribution >= 0.6 is 0 Å². The average molecular weight is 140 g/mol. The fraction of sp³-hybridized carbons (Fsp3) is 1.00. The van der Waals surface area contributed by atoms with E-state index in [0.717, 1.165) is 19.3 Å². The summed E-state index contributed by atoms with van der Waals surface area (Å²) in [5.41, 5.74) is 0. The van der Waals surface area contributed by atoms with Gasteiger partial charge in [0.1, 0.15) is 0 Å². The van der Waals surface area contributed by atoms with Gasteiger partial charge in [0.25, 0.3) is 0 Å². The summed E-state index contributed by atoms with van der Waals surface area (Å²) in [6, 6.07) is 0. The van der Waals surface area contributed by atoms with Crippen LogP contribution in [0.5, 0.6) is 0 Å². The molecule has 0 aromatic rings. The predicted molar refractivity (Wildman–Crippen MR) is 29.0 cm³/mol. The van der Waals surface area contributed by atoms with Gasteiger partial charge in [-0.05, 0) is 0 Å². The zero-order chi connectivity index (χ0) is 5.70. The maximum atomic E-state index is 10.5. The average Bonchev–Trinajstić information content (AvgIpc) is 1.68. The third-order valence-electron chi connectivity index (χ3n) is 1.07. The molecule has 0 saturated heterocycles. The largest absolute Gasteiger partial charge is 1.00 e. The molecule has 0 N–H and O–H groups in total. The molecule has 0 bridgehead atoms. The molecule has 0 amide bonds. The van der Waals surface area contributed by atoms with Crippen LogP contribution in [0.15, 0.2) is 0 Å². The smallest absolute Gasteiger partial charge is 0.852 e. The van der Waals surface area contributed by atoms with E-state index in [-0.39, 0.29) is 57.5 Å². The minimum absolute atomic E-state index is 0. The van der Waals surface area contributed by atoms with Crippen LogP contribution < -0.4 is 56.5 Å². The molecule has 0 heterocycles. The summed E-state index contributed by atoms with van der Waals surface area (Å²) in [5.74, 6) is 0. The van der Waals surface area contributed by atoms with Crippen LogP contribution in [0.4, 0.5) is 0 Å². The molecule has 0 fully saturated rings. The molecule has 8 heavy (non-hydrogen) atoms. The molecule has 0 aliphatic heterocycles. The second kappa shape index (κ2) is 8.60. The predicted octanol–water partition coefficient (Wildman–Crippen LogP) is -2.07. The second-order valence-corrected chi connectivity index (χ2v) is 1.82. The first-order valence-corrected chi connectivity index (χ1v) is 2.97. The van der Waals surface area contributed by atoms with Crippen LogP contribution in [0.2, 0.25) is 0 Å². The Labute approximate surface area is 94.3 Å². The van der Waals surface area contributed by atoms with Crippen LogP contribution in [0.3, 0.4) is 0 Å². The molecule has 0 aromatic carbocycles. The Kier molecular flexibility index (Phi) is 13.2. The second-order valence-electron chi connectivity index (χ2n) is 1.82. The standard InChI is InChI=1S/C6H13O.K/c1-3-5-6(7)4-2;/h6H,3-5H2,1-2H3;/q-1;+1. The first-order valence-electron chi connectivity index (χ1n) is 2.97. The van der Waals surface area contributed by atoms with Crippen LogP contribution in [0, 0.1) is 0 Å². The van der Waals surface area contributed by atoms with E-state index < -0.39 is 0 Å². The van der Waals surface area contributed by atoms with Gasteiger partial charge in [-0.15, -0.1) is 6.10 Å². The molecular weight excluding hydrogens is 127 g/mol. The third kappa shape index (κ3) is 7.60. The van der Waals surface area contributed by atoms with Crippen molar-refractivity contribution >= 4 is 0 Å². The van der Waals surface area contributed by atoms with E-state index in [2.05, 4.69) is 0 Å². The van der Waals surface area contributed by atoms with E-state index in [1.165, 1.54) is 0 Å². The SMILES string of the molecule is CCCC([O-])CC.[K+]. The first-order chi connectivity index (χ1) is 3.31. The van der Waals surface area contributed by atoms with Crippen molar-refractivity contribution in [3.63, 3.8) is 0 Å². The van der Waals surface area contributed by atoms with Crippen molar-refractivity contribution < 1.29 is 56.5 Å². The van der Waals surface area contributed by atoms with E-state index in [9.17, 15) is 5.11 Å². The molecule has 0 aromatic heterocycles. The summed E-state index contributed by atoms with van der Waals surface area (Å²) in [6.07, 6.45) is 2.36. The van der Waals surface area contributed by atoms with Crippen molar-refractivity contribution in [1.29, 1.82) is 0 Å². The van der Waals surface area contributed by atoms with Gasteiger partial charge in [-0.1, -0.05) is 33.1 Å². The fourth-order valence-electron chi connectivity index (χ4n) is 0.526. The van der Waals surface area contributed by atoms with Crippen LogP contribution in [0.25, 0.3) is 0 Å². The molecule has 2 heteroatoms. The molecule has 0 saturated carbocycles. The topological polar surface area (TPSA) is 23.1 Å². The van der Waals surface area contributed by atoms with Gasteiger partial charge in [-0.25, -0.2) is 0 Å². The molecule has 1 unspecified atom stereocenters. The Bertz CT molecular complexity index is 39.5. The van der Waals surface area contributed by atoms with Crippen molar-refractivity contribution in [3.8, 4) is 0 Å². The zero-order valence-corrected chi connectivity index (χ0v) is 9.23. The maximum absolute atomic E-state index is 10.5. The van der Waals surface area contributed by atoms with Gasteiger partial charge in [0.15, 0.2) is 0 Å². The van der Waals surface area contributed by atoms with Gasteiger partial charge in [-0.3, -0.25) is 0 Å². The van der Waals surface area contributed by atoms with Gasteiger partial charge < -0.3 is 5.11 Å². The van der Waals surface area contributed by atoms with E-state index in [1.54, 1.807) is 0 Å². The summed E-state index contributed by atoms with van der Waals surface area (Å²) < 4.78 is 0. The summed E-state index contributed by atoms with van der Waals surface area (Å²) in [4.78, 5) is 0. The number of hydrogen-bond donors (Lipinski definition) is 0. The Morgan fingerprint density at radius 3 is 2.00 bits per heavy atom. The summed E-state index contributed by atoms with van der Waals surface area (Å²) in [5, 5.41) is 10.5. The van der Waals surface area contributed by atoms with E-state index in [0.29, 0.717) is 0 Å². The van der Waals surface area contributed by atoms with Crippen LogP contribution in [-0.2, 0) is 0 Å². The summed E-state index contributed by atoms with van der Waals surface area (Å²) in [7, 11) is 0. The van der Waals surface area contributed by atoms with E-state index in [1.807, 2.05) is 13.8 Å². The van der Waals surface area contributed by atoms with Crippen LogP contribution in [-0.4, -0.2) is 6.10 Å². The molecule has 1 atom stereocenters. The molecule has 0 radical (unpaired) electrons. The first kappa shape index (κ1) is 12.3. The van der Waals surface area contributed by atoms with Crippen molar-refractivity contribution in [2.75, 3.05) is 0 Å². The summed E-state index contributed by atoms with van der Waals surface area (Å²) >= 11 is 0. The zero-order valence-electron chi connectivity index (χ0n) is 6.11. The Hall–Kier alpha value is 1.60. The van der Waals surface area contributed by atoms with Gasteiger partial charge >= 0.3 is 51.4 Å².